The fraction of sp³-hybridized carbons (Fsp3) is 0.357. The number of halogens is 1. The fourth-order valence-electron chi connectivity index (χ4n) is 1.41. The summed E-state index contributed by atoms with van der Waals surface area (Å²) in [6.07, 6.45) is 2.26. The van der Waals surface area contributed by atoms with Crippen LogP contribution < -0.4 is 0 Å². The lowest BCUT2D eigenvalue weighted by Gasteiger charge is -2.28. The van der Waals surface area contributed by atoms with E-state index in [4.69, 9.17) is 4.74 Å². The maximum absolute atomic E-state index is 10.9. The summed E-state index contributed by atoms with van der Waals surface area (Å²) in [7, 11) is 5.07. The Labute approximate surface area is 127 Å². The highest BCUT2D eigenvalue weighted by atomic mass is 79.9. The molecule has 1 aromatic rings. The quantitative estimate of drug-likeness (QED) is 0.430. The monoisotopic (exact) mass is 346 g/mol. The predicted octanol–water partition coefficient (Wildman–Crippen LogP) is 3.16. The molecular weight excluding hydrogens is 325 g/mol. The normalized spacial score (nSPS) is 11.1. The number of esters is 1. The number of likely N-dealkylation sites (N-methyl/N-ethyl adjacent to an activating group) is 1. The summed E-state index contributed by atoms with van der Waals surface area (Å²) in [5.74, 6) is -0.346. The molecule has 3 nitrogen and oxygen atoms in total. The summed E-state index contributed by atoms with van der Waals surface area (Å²) >= 11 is 0. The summed E-state index contributed by atoms with van der Waals surface area (Å²) in [6.45, 7) is 4.64. The number of hydrogen-bond acceptors (Lipinski definition) is 2. The Morgan fingerprint density at radius 1 is 1.37 bits per heavy atom. The molecule has 0 bridgehead atoms. The summed E-state index contributed by atoms with van der Waals surface area (Å²) in [5, 5.41) is 0. The first kappa shape index (κ1) is 18.3. The molecule has 0 N–H and O–H groups in total. The Bertz CT molecular complexity index is 396. The van der Waals surface area contributed by atoms with Crippen molar-refractivity contribution >= 4 is 31.7 Å². The Hall–Kier alpha value is -0.700. The van der Waals surface area contributed by atoms with Gasteiger partial charge in [0.05, 0.1) is 22.8 Å². The zero-order chi connectivity index (χ0) is 13.4. The zero-order valence-corrected chi connectivity index (χ0v) is 14.2. The molecule has 0 aliphatic carbocycles. The van der Waals surface area contributed by atoms with Crippen molar-refractivity contribution in [2.45, 2.75) is 6.16 Å². The van der Waals surface area contributed by atoms with Gasteiger partial charge in [0, 0.05) is 12.2 Å². The average Bonchev–Trinajstić information content (AvgIpc) is 2.37. The Morgan fingerprint density at radius 2 is 2.00 bits per heavy atom. The van der Waals surface area contributed by atoms with Gasteiger partial charge in [0.15, 0.2) is 0 Å². The Morgan fingerprint density at radius 3 is 2.58 bits per heavy atom. The molecule has 0 fully saturated rings. The number of carbonyl (C=O) groups is 1. The van der Waals surface area contributed by atoms with Crippen LogP contribution in [0.2, 0.25) is 0 Å². The lowest BCUT2D eigenvalue weighted by molar-refractivity contribution is -0.760. The molecule has 0 radical (unpaired) electrons. The van der Waals surface area contributed by atoms with Gasteiger partial charge in [-0.25, -0.2) is 4.79 Å². The van der Waals surface area contributed by atoms with Gasteiger partial charge in [0.1, 0.15) is 13.2 Å². The number of benzene rings is 1. The first-order chi connectivity index (χ1) is 8.53. The van der Waals surface area contributed by atoms with Crippen molar-refractivity contribution in [2.75, 3.05) is 27.2 Å². The molecule has 19 heavy (non-hydrogen) atoms. The van der Waals surface area contributed by atoms with Crippen molar-refractivity contribution < 1.29 is 13.8 Å². The van der Waals surface area contributed by atoms with Crippen LogP contribution in [-0.4, -0.2) is 37.5 Å². The van der Waals surface area contributed by atoms with E-state index < -0.39 is 0 Å². The first-order valence-electron chi connectivity index (χ1n) is 5.95. The van der Waals surface area contributed by atoms with E-state index in [1.165, 1.54) is 11.6 Å². The topological polar surface area (TPSA) is 26.3 Å². The molecule has 5 heteroatoms. The first-order valence-corrected chi connectivity index (χ1v) is 7.10. The molecule has 0 spiro atoms. The van der Waals surface area contributed by atoms with Crippen molar-refractivity contribution in [3.05, 3.63) is 48.6 Å². The van der Waals surface area contributed by atoms with Crippen LogP contribution >= 0.6 is 25.7 Å². The van der Waals surface area contributed by atoms with E-state index in [1.807, 2.05) is 6.07 Å². The highest BCUT2D eigenvalue weighted by Gasteiger charge is 2.16. The second-order valence-corrected chi connectivity index (χ2v) is 6.48. The molecule has 0 aromatic heterocycles. The van der Waals surface area contributed by atoms with Crippen molar-refractivity contribution in [3.8, 4) is 0 Å². The van der Waals surface area contributed by atoms with Gasteiger partial charge >= 0.3 is 5.97 Å². The molecule has 0 aliphatic heterocycles. The van der Waals surface area contributed by atoms with E-state index in [1.54, 1.807) is 0 Å². The summed E-state index contributed by atoms with van der Waals surface area (Å²) in [6, 6.07) is 10.4. The van der Waals surface area contributed by atoms with Gasteiger partial charge in [-0.1, -0.05) is 36.9 Å². The number of rotatable bonds is 7. The van der Waals surface area contributed by atoms with Gasteiger partial charge in [-0.15, -0.1) is 17.0 Å². The van der Waals surface area contributed by atoms with E-state index in [2.05, 4.69) is 44.9 Å². The van der Waals surface area contributed by atoms with Crippen molar-refractivity contribution in [3.63, 3.8) is 0 Å². The highest BCUT2D eigenvalue weighted by molar-refractivity contribution is 8.93. The third-order valence-electron chi connectivity index (χ3n) is 2.62. The number of nitrogens with zero attached hydrogens (tertiary/aromatic N) is 1. The van der Waals surface area contributed by atoms with E-state index in [0.29, 0.717) is 6.61 Å². The smallest absolute Gasteiger partial charge is 0.330 e. The van der Waals surface area contributed by atoms with Crippen LogP contribution in [0.5, 0.6) is 0 Å². The molecule has 0 amide bonds. The zero-order valence-electron chi connectivity index (χ0n) is 11.5. The number of carbonyl (C=O) groups excluding carboxylic acids is 1. The molecule has 1 atom stereocenters. The van der Waals surface area contributed by atoms with Crippen LogP contribution in [0.4, 0.5) is 0 Å². The minimum absolute atomic E-state index is 0. The largest absolute Gasteiger partial charge is 0.457 e. The molecule has 0 saturated heterocycles. The van der Waals surface area contributed by atoms with Crippen molar-refractivity contribution in [1.29, 1.82) is 0 Å². The molecule has 0 saturated carbocycles. The summed E-state index contributed by atoms with van der Waals surface area (Å²) in [4.78, 5) is 10.9. The van der Waals surface area contributed by atoms with Crippen LogP contribution in [0.1, 0.15) is 5.56 Å². The molecule has 1 aromatic carbocycles. The van der Waals surface area contributed by atoms with Crippen LogP contribution in [0.3, 0.4) is 0 Å². The molecule has 106 valence electrons. The highest BCUT2D eigenvalue weighted by Crippen LogP contribution is 2.28. The van der Waals surface area contributed by atoms with E-state index in [9.17, 15) is 4.79 Å². The minimum Gasteiger partial charge on any atom is -0.457 e. The van der Waals surface area contributed by atoms with Crippen LogP contribution in [0, 0.1) is 0 Å². The standard InChI is InChI=1S/C14H21NO2P.BrH/c1-4-14(16)17-11-10-15(2,3)18-12-13-8-6-5-7-9-13;/h4-9,18H,1,10-12H2,2-3H3;1H/q+1;. The number of hydrogen-bond donors (Lipinski definition) is 0. The second kappa shape index (κ2) is 9.24. The van der Waals surface area contributed by atoms with Gasteiger partial charge in [0.2, 0.25) is 0 Å². The molecular formula is C14H22BrNO2P+. The second-order valence-electron chi connectivity index (χ2n) is 4.60. The molecule has 1 rings (SSSR count). The maximum atomic E-state index is 10.9. The maximum Gasteiger partial charge on any atom is 0.330 e. The fourth-order valence-corrected chi connectivity index (χ4v) is 2.51. The van der Waals surface area contributed by atoms with Crippen molar-refractivity contribution in [1.82, 2.24) is 0 Å². The Kier molecular flexibility index (Phi) is 8.90. The van der Waals surface area contributed by atoms with Gasteiger partial charge in [-0.2, -0.15) is 0 Å². The third kappa shape index (κ3) is 8.14. The predicted molar refractivity (Wildman–Crippen MR) is 86.9 cm³/mol. The van der Waals surface area contributed by atoms with Crippen LogP contribution in [0.25, 0.3) is 0 Å². The van der Waals surface area contributed by atoms with Crippen molar-refractivity contribution in [2.24, 2.45) is 0 Å². The van der Waals surface area contributed by atoms with Crippen LogP contribution in [0.15, 0.2) is 43.0 Å². The van der Waals surface area contributed by atoms with Gasteiger partial charge in [0.25, 0.3) is 0 Å². The van der Waals surface area contributed by atoms with Gasteiger partial charge in [-0.05, 0) is 5.56 Å². The minimum atomic E-state index is -0.346. The third-order valence-corrected chi connectivity index (χ3v) is 4.26. The molecule has 1 unspecified atom stereocenters. The van der Waals surface area contributed by atoms with Crippen LogP contribution in [-0.2, 0) is 15.7 Å². The number of ether oxygens (including phenoxy) is 1. The summed E-state index contributed by atoms with van der Waals surface area (Å²) in [5.41, 5.74) is 1.35. The lowest BCUT2D eigenvalue weighted by Crippen LogP contribution is -2.34. The van der Waals surface area contributed by atoms with E-state index in [0.717, 1.165) is 25.7 Å². The number of quaternary nitrogens is 1. The SMILES string of the molecule is Br.C=CC(=O)OCC[N+](C)(C)PCc1ccccc1. The van der Waals surface area contributed by atoms with E-state index in [-0.39, 0.29) is 23.0 Å². The van der Waals surface area contributed by atoms with E-state index >= 15 is 0 Å². The lowest BCUT2D eigenvalue weighted by atomic mass is 10.2. The average molecular weight is 347 g/mol. The Balaban J connectivity index is 0.00000324. The molecule has 0 aliphatic rings. The van der Waals surface area contributed by atoms with Gasteiger partial charge < -0.3 is 8.99 Å². The summed E-state index contributed by atoms with van der Waals surface area (Å²) < 4.78 is 5.87. The molecule has 0 heterocycles. The van der Waals surface area contributed by atoms with Gasteiger partial charge in [-0.3, -0.25) is 0 Å².